The van der Waals surface area contributed by atoms with Crippen LogP contribution in [0.5, 0.6) is 0 Å². The van der Waals surface area contributed by atoms with Crippen molar-refractivity contribution in [1.82, 2.24) is 19.9 Å². The van der Waals surface area contributed by atoms with Gasteiger partial charge in [-0.2, -0.15) is 0 Å². The number of nitrogens with zero attached hydrogens (tertiary/aromatic N) is 3. The number of hydrogen-bond donors (Lipinski definition) is 1. The fourth-order valence-corrected chi connectivity index (χ4v) is 2.67. The molecule has 1 N–H and O–H groups in total. The summed E-state index contributed by atoms with van der Waals surface area (Å²) in [6, 6.07) is 5.43. The Morgan fingerprint density at radius 2 is 2.16 bits per heavy atom. The molecular formula is C19H22N4O2. The molecule has 0 radical (unpaired) electrons. The van der Waals surface area contributed by atoms with Gasteiger partial charge in [-0.3, -0.25) is 9.78 Å². The first kappa shape index (κ1) is 17.0. The molecule has 3 heterocycles. The molecule has 1 amide bonds. The van der Waals surface area contributed by atoms with Crippen LogP contribution >= 0.6 is 0 Å². The van der Waals surface area contributed by atoms with E-state index in [1.165, 1.54) is 0 Å². The first-order valence-corrected chi connectivity index (χ1v) is 8.43. The van der Waals surface area contributed by atoms with E-state index in [9.17, 15) is 4.79 Å². The molecule has 3 rings (SSSR count). The lowest BCUT2D eigenvalue weighted by Gasteiger charge is -2.10. The molecule has 0 aromatic carbocycles. The summed E-state index contributed by atoms with van der Waals surface area (Å²) in [4.78, 5) is 20.9. The van der Waals surface area contributed by atoms with Crippen LogP contribution in [0, 0.1) is 0 Å². The Hall–Kier alpha value is -2.89. The van der Waals surface area contributed by atoms with Crippen LogP contribution in [0.3, 0.4) is 0 Å². The van der Waals surface area contributed by atoms with Crippen molar-refractivity contribution < 1.29 is 9.21 Å². The fourth-order valence-electron chi connectivity index (χ4n) is 2.67. The van der Waals surface area contributed by atoms with Crippen LogP contribution in [0.1, 0.15) is 42.4 Å². The molecule has 6 heteroatoms. The third kappa shape index (κ3) is 4.15. The Bertz CT molecular complexity index is 804. The molecule has 3 aromatic heterocycles. The highest BCUT2D eigenvalue weighted by atomic mass is 16.3. The highest BCUT2D eigenvalue weighted by Crippen LogP contribution is 2.17. The predicted octanol–water partition coefficient (Wildman–Crippen LogP) is 3.48. The largest absolute Gasteiger partial charge is 0.472 e. The normalized spacial score (nSPS) is 11.0. The summed E-state index contributed by atoms with van der Waals surface area (Å²) >= 11 is 0. The number of furan rings is 1. The zero-order valence-electron chi connectivity index (χ0n) is 14.5. The van der Waals surface area contributed by atoms with E-state index < -0.39 is 0 Å². The predicted molar refractivity (Wildman–Crippen MR) is 95.2 cm³/mol. The van der Waals surface area contributed by atoms with Gasteiger partial charge in [0.25, 0.3) is 5.91 Å². The lowest BCUT2D eigenvalue weighted by molar-refractivity contribution is 0.0952. The number of aryl methyl sites for hydroxylation is 1. The number of pyridine rings is 1. The minimum atomic E-state index is -0.110. The minimum absolute atomic E-state index is 0.110. The molecule has 3 aromatic rings. The van der Waals surface area contributed by atoms with Crippen molar-refractivity contribution in [3.63, 3.8) is 0 Å². The summed E-state index contributed by atoms with van der Waals surface area (Å²) in [5.41, 5.74) is 2.23. The summed E-state index contributed by atoms with van der Waals surface area (Å²) < 4.78 is 7.18. The van der Waals surface area contributed by atoms with E-state index in [4.69, 9.17) is 4.42 Å². The highest BCUT2D eigenvalue weighted by molar-refractivity contribution is 5.94. The SMILES string of the molecule is CC(C)c1nccn1CCCNC(=O)c1ccc(-c2ccoc2)nc1. The zero-order chi connectivity index (χ0) is 17.6. The molecule has 0 aliphatic carbocycles. The number of aromatic nitrogens is 3. The van der Waals surface area contributed by atoms with Crippen LogP contribution < -0.4 is 5.32 Å². The Balaban J connectivity index is 1.48. The van der Waals surface area contributed by atoms with Crippen molar-refractivity contribution in [3.05, 3.63) is 60.7 Å². The van der Waals surface area contributed by atoms with Crippen LogP contribution in [0.15, 0.2) is 53.7 Å². The van der Waals surface area contributed by atoms with E-state index in [0.717, 1.165) is 30.0 Å². The summed E-state index contributed by atoms with van der Waals surface area (Å²) in [5, 5.41) is 2.93. The van der Waals surface area contributed by atoms with Crippen molar-refractivity contribution in [2.75, 3.05) is 6.54 Å². The maximum absolute atomic E-state index is 12.2. The summed E-state index contributed by atoms with van der Waals surface area (Å²) in [5.74, 6) is 1.36. The van der Waals surface area contributed by atoms with Crippen LogP contribution in [-0.2, 0) is 6.54 Å². The van der Waals surface area contributed by atoms with Gasteiger partial charge in [-0.05, 0) is 24.6 Å². The van der Waals surface area contributed by atoms with Gasteiger partial charge in [0.1, 0.15) is 5.82 Å². The van der Waals surface area contributed by atoms with Crippen molar-refractivity contribution in [2.45, 2.75) is 32.7 Å². The lowest BCUT2D eigenvalue weighted by atomic mass is 10.2. The second-order valence-corrected chi connectivity index (χ2v) is 6.19. The molecule has 0 aliphatic heterocycles. The monoisotopic (exact) mass is 338 g/mol. The standard InChI is InChI=1S/C19H22N4O2/c1-14(2)18-20-8-10-23(18)9-3-7-21-19(24)15-4-5-17(22-12-15)16-6-11-25-13-16/h4-6,8,10-14H,3,7,9H2,1-2H3,(H,21,24). The molecule has 0 spiro atoms. The fraction of sp³-hybridized carbons (Fsp3) is 0.316. The van der Waals surface area contributed by atoms with E-state index in [1.807, 2.05) is 24.5 Å². The maximum atomic E-state index is 12.2. The van der Waals surface area contributed by atoms with Gasteiger partial charge < -0.3 is 14.3 Å². The Labute approximate surface area is 146 Å². The third-order valence-electron chi connectivity index (χ3n) is 3.97. The van der Waals surface area contributed by atoms with E-state index in [1.54, 1.807) is 24.8 Å². The average molecular weight is 338 g/mol. The maximum Gasteiger partial charge on any atom is 0.252 e. The Morgan fingerprint density at radius 1 is 1.28 bits per heavy atom. The summed E-state index contributed by atoms with van der Waals surface area (Å²) in [6.45, 7) is 5.70. The third-order valence-corrected chi connectivity index (χ3v) is 3.97. The molecule has 0 fully saturated rings. The van der Waals surface area contributed by atoms with Gasteiger partial charge in [-0.25, -0.2) is 4.98 Å². The minimum Gasteiger partial charge on any atom is -0.472 e. The quantitative estimate of drug-likeness (QED) is 0.669. The average Bonchev–Trinajstić information content (AvgIpc) is 3.30. The second-order valence-electron chi connectivity index (χ2n) is 6.19. The number of carbonyl (C=O) groups excluding carboxylic acids is 1. The Kier molecular flexibility index (Phi) is 5.28. The van der Waals surface area contributed by atoms with Gasteiger partial charge in [0.2, 0.25) is 0 Å². The number of amides is 1. The van der Waals surface area contributed by atoms with Crippen LogP contribution in [0.2, 0.25) is 0 Å². The summed E-state index contributed by atoms with van der Waals surface area (Å²) in [7, 11) is 0. The molecule has 0 saturated heterocycles. The van der Waals surface area contributed by atoms with Gasteiger partial charge in [0.05, 0.1) is 23.8 Å². The molecular weight excluding hydrogens is 316 g/mol. The van der Waals surface area contributed by atoms with Crippen molar-refractivity contribution >= 4 is 5.91 Å². The van der Waals surface area contributed by atoms with Crippen molar-refractivity contribution in [1.29, 1.82) is 0 Å². The smallest absolute Gasteiger partial charge is 0.252 e. The number of carbonyl (C=O) groups is 1. The molecule has 0 aliphatic rings. The first-order chi connectivity index (χ1) is 12.1. The Morgan fingerprint density at radius 3 is 2.84 bits per heavy atom. The van der Waals surface area contributed by atoms with Crippen LogP contribution in [-0.4, -0.2) is 27.0 Å². The van der Waals surface area contributed by atoms with Gasteiger partial charge in [-0.1, -0.05) is 13.8 Å². The molecule has 6 nitrogen and oxygen atoms in total. The number of hydrogen-bond acceptors (Lipinski definition) is 4. The van der Waals surface area contributed by atoms with Crippen molar-refractivity contribution in [2.24, 2.45) is 0 Å². The number of imidazole rings is 1. The topological polar surface area (TPSA) is 73.0 Å². The molecule has 0 saturated carbocycles. The summed E-state index contributed by atoms with van der Waals surface area (Å²) in [6.07, 6.45) is 9.47. The number of nitrogens with one attached hydrogen (secondary N) is 1. The number of rotatable bonds is 7. The molecule has 130 valence electrons. The van der Waals surface area contributed by atoms with E-state index in [2.05, 4.69) is 33.7 Å². The van der Waals surface area contributed by atoms with Crippen molar-refractivity contribution in [3.8, 4) is 11.3 Å². The van der Waals surface area contributed by atoms with Crippen LogP contribution in [0.25, 0.3) is 11.3 Å². The van der Waals surface area contributed by atoms with Crippen LogP contribution in [0.4, 0.5) is 0 Å². The zero-order valence-corrected chi connectivity index (χ0v) is 14.5. The van der Waals surface area contributed by atoms with E-state index in [-0.39, 0.29) is 5.91 Å². The lowest BCUT2D eigenvalue weighted by Crippen LogP contribution is -2.25. The van der Waals surface area contributed by atoms with E-state index in [0.29, 0.717) is 18.0 Å². The van der Waals surface area contributed by atoms with E-state index >= 15 is 0 Å². The van der Waals surface area contributed by atoms with Gasteiger partial charge in [0, 0.05) is 43.2 Å². The molecule has 25 heavy (non-hydrogen) atoms. The molecule has 0 atom stereocenters. The van der Waals surface area contributed by atoms with Gasteiger partial charge >= 0.3 is 0 Å². The highest BCUT2D eigenvalue weighted by Gasteiger charge is 2.09. The van der Waals surface area contributed by atoms with Gasteiger partial charge in [-0.15, -0.1) is 0 Å². The molecule has 0 bridgehead atoms. The van der Waals surface area contributed by atoms with Gasteiger partial charge in [0.15, 0.2) is 0 Å². The first-order valence-electron chi connectivity index (χ1n) is 8.43. The molecule has 0 unspecified atom stereocenters. The second kappa shape index (κ2) is 7.79.